The Labute approximate surface area is 234 Å². The summed E-state index contributed by atoms with van der Waals surface area (Å²) in [5.74, 6) is 1.50. The Hall–Kier alpha value is -3.40. The lowest BCUT2D eigenvalue weighted by molar-refractivity contribution is 0.107. The number of aromatic hydroxyl groups is 1. The predicted octanol–water partition coefficient (Wildman–Crippen LogP) is 2.07. The summed E-state index contributed by atoms with van der Waals surface area (Å²) in [5, 5.41) is 10.7. The number of benzene rings is 1. The lowest BCUT2D eigenvalue weighted by Crippen LogP contribution is -2.47. The van der Waals surface area contributed by atoms with E-state index in [1.807, 2.05) is 52.6 Å². The van der Waals surface area contributed by atoms with Gasteiger partial charge in [-0.2, -0.15) is 0 Å². The minimum atomic E-state index is -0.311. The molecule has 40 heavy (non-hydrogen) atoms. The van der Waals surface area contributed by atoms with Crippen LogP contribution in [0.15, 0.2) is 64.2 Å². The van der Waals surface area contributed by atoms with Crippen molar-refractivity contribution in [3.8, 4) is 11.5 Å². The van der Waals surface area contributed by atoms with Crippen molar-refractivity contribution in [2.75, 3.05) is 52.4 Å². The van der Waals surface area contributed by atoms with Gasteiger partial charge < -0.3 is 19.0 Å². The molecule has 0 radical (unpaired) electrons. The van der Waals surface area contributed by atoms with Crippen molar-refractivity contribution in [3.63, 3.8) is 0 Å². The molecule has 3 aliphatic rings. The summed E-state index contributed by atoms with van der Waals surface area (Å²) >= 11 is 0. The second kappa shape index (κ2) is 11.6. The van der Waals surface area contributed by atoms with E-state index in [0.717, 1.165) is 75.9 Å². The molecule has 0 saturated carbocycles. The molecule has 5 heterocycles. The van der Waals surface area contributed by atoms with E-state index in [0.29, 0.717) is 37.2 Å². The lowest BCUT2D eigenvalue weighted by Gasteiger charge is -2.43. The van der Waals surface area contributed by atoms with Crippen LogP contribution in [0.3, 0.4) is 0 Å². The van der Waals surface area contributed by atoms with E-state index >= 15 is 0 Å². The third-order valence-electron chi connectivity index (χ3n) is 8.84. The van der Waals surface area contributed by atoms with E-state index in [9.17, 15) is 14.7 Å². The molecule has 9 heteroatoms. The zero-order valence-corrected chi connectivity index (χ0v) is 23.2. The van der Waals surface area contributed by atoms with Gasteiger partial charge in [-0.05, 0) is 30.5 Å². The highest BCUT2D eigenvalue weighted by atomic mass is 16.5. The van der Waals surface area contributed by atoms with Crippen LogP contribution >= 0.6 is 0 Å². The van der Waals surface area contributed by atoms with Gasteiger partial charge in [0, 0.05) is 102 Å². The molecule has 2 aromatic heterocycles. The van der Waals surface area contributed by atoms with Gasteiger partial charge in [0.1, 0.15) is 12.4 Å². The van der Waals surface area contributed by atoms with Gasteiger partial charge in [-0.25, -0.2) is 0 Å². The number of hydrogen-bond donors (Lipinski definition) is 1. The maximum absolute atomic E-state index is 12.8. The second-order valence-electron chi connectivity index (χ2n) is 11.5. The fraction of sp³-hybridized carbons (Fsp3) is 0.484. The van der Waals surface area contributed by atoms with E-state index in [1.165, 1.54) is 0 Å². The van der Waals surface area contributed by atoms with Crippen molar-refractivity contribution in [1.29, 1.82) is 0 Å². The first-order valence-electron chi connectivity index (χ1n) is 14.4. The van der Waals surface area contributed by atoms with E-state index in [-0.39, 0.29) is 16.7 Å². The number of piperazine rings is 1. The quantitative estimate of drug-likeness (QED) is 0.464. The first kappa shape index (κ1) is 26.8. The summed E-state index contributed by atoms with van der Waals surface area (Å²) in [5.41, 5.74) is 2.50. The Morgan fingerprint density at radius 2 is 1.65 bits per heavy atom. The van der Waals surface area contributed by atoms with E-state index in [2.05, 4.69) is 20.8 Å². The molecule has 0 amide bonds. The molecule has 2 unspecified atom stereocenters. The van der Waals surface area contributed by atoms with Gasteiger partial charge in [-0.3, -0.25) is 24.3 Å². The third kappa shape index (κ3) is 5.73. The first-order chi connectivity index (χ1) is 19.4. The summed E-state index contributed by atoms with van der Waals surface area (Å²) in [7, 11) is 1.96. The fourth-order valence-electron chi connectivity index (χ4n) is 6.67. The van der Waals surface area contributed by atoms with Crippen LogP contribution in [0.1, 0.15) is 29.4 Å². The molecule has 1 N–H and O–H groups in total. The monoisotopic (exact) mass is 545 g/mol. The normalized spacial score (nSPS) is 21.7. The average Bonchev–Trinajstić information content (AvgIpc) is 2.96. The Morgan fingerprint density at radius 1 is 0.875 bits per heavy atom. The Bertz CT molecular complexity index is 1440. The van der Waals surface area contributed by atoms with Crippen LogP contribution in [0.2, 0.25) is 0 Å². The molecule has 2 atom stereocenters. The smallest absolute Gasteiger partial charge is 0.250 e. The number of rotatable bonds is 8. The van der Waals surface area contributed by atoms with Crippen LogP contribution < -0.4 is 15.7 Å². The topological polar surface area (TPSA) is 83.2 Å². The fourth-order valence-corrected chi connectivity index (χ4v) is 6.67. The standard InChI is InChI=1S/C31H39N5O4/c1-32-25(21-35-18-23-16-24(20-35)27-8-5-9-30(38)36(27)19-23)17-29(37)31(39)28(32)22-34-12-10-33(11-13-34)14-15-40-26-6-3-2-4-7-26/h2-9,17,23-24,39H,10-16,18-22H2,1H3. The molecule has 3 aliphatic heterocycles. The van der Waals surface area contributed by atoms with Gasteiger partial charge in [-0.15, -0.1) is 0 Å². The summed E-state index contributed by atoms with van der Waals surface area (Å²) in [4.78, 5) is 32.3. The first-order valence-corrected chi connectivity index (χ1v) is 14.4. The minimum absolute atomic E-state index is 0.0903. The predicted molar refractivity (Wildman–Crippen MR) is 154 cm³/mol. The molecule has 2 bridgehead atoms. The largest absolute Gasteiger partial charge is 0.503 e. The number of hydrogen-bond acceptors (Lipinski definition) is 7. The van der Waals surface area contributed by atoms with Gasteiger partial charge >= 0.3 is 0 Å². The van der Waals surface area contributed by atoms with Crippen LogP contribution in [-0.2, 0) is 26.7 Å². The van der Waals surface area contributed by atoms with Crippen molar-refractivity contribution in [2.45, 2.75) is 32.0 Å². The third-order valence-corrected chi connectivity index (χ3v) is 8.84. The Kier molecular flexibility index (Phi) is 7.78. The molecular weight excluding hydrogens is 506 g/mol. The highest BCUT2D eigenvalue weighted by Crippen LogP contribution is 2.35. The minimum Gasteiger partial charge on any atom is -0.503 e. The van der Waals surface area contributed by atoms with E-state index < -0.39 is 0 Å². The average molecular weight is 546 g/mol. The second-order valence-corrected chi connectivity index (χ2v) is 11.5. The van der Waals surface area contributed by atoms with Crippen LogP contribution in [0.5, 0.6) is 11.5 Å². The number of pyridine rings is 2. The lowest BCUT2D eigenvalue weighted by atomic mass is 9.83. The highest BCUT2D eigenvalue weighted by molar-refractivity contribution is 5.30. The molecule has 9 nitrogen and oxygen atoms in total. The number of piperidine rings is 1. The zero-order chi connectivity index (χ0) is 27.6. The van der Waals surface area contributed by atoms with Crippen molar-refractivity contribution < 1.29 is 9.84 Å². The van der Waals surface area contributed by atoms with Crippen LogP contribution in [0, 0.1) is 5.92 Å². The molecular formula is C31H39N5O4. The maximum atomic E-state index is 12.8. The molecule has 2 saturated heterocycles. The molecule has 3 aromatic rings. The highest BCUT2D eigenvalue weighted by Gasteiger charge is 2.34. The van der Waals surface area contributed by atoms with Crippen molar-refractivity contribution in [2.24, 2.45) is 13.0 Å². The summed E-state index contributed by atoms with van der Waals surface area (Å²) in [6.45, 7) is 8.83. The van der Waals surface area contributed by atoms with Crippen LogP contribution in [0.25, 0.3) is 0 Å². The molecule has 6 rings (SSSR count). The van der Waals surface area contributed by atoms with Crippen molar-refractivity contribution >= 4 is 0 Å². The van der Waals surface area contributed by atoms with Crippen LogP contribution in [-0.4, -0.2) is 81.4 Å². The van der Waals surface area contributed by atoms with Gasteiger partial charge in [0.2, 0.25) is 5.43 Å². The number of ether oxygens (including phenoxy) is 1. The van der Waals surface area contributed by atoms with Gasteiger partial charge in [0.05, 0.1) is 5.69 Å². The zero-order valence-electron chi connectivity index (χ0n) is 23.2. The molecule has 0 spiro atoms. The molecule has 1 aromatic carbocycles. The number of likely N-dealkylation sites (tertiary alicyclic amines) is 1. The number of para-hydroxylation sites is 1. The van der Waals surface area contributed by atoms with Crippen molar-refractivity contribution in [1.82, 2.24) is 23.8 Å². The van der Waals surface area contributed by atoms with Gasteiger partial charge in [0.15, 0.2) is 5.75 Å². The number of nitrogens with zero attached hydrogens (tertiary/aromatic N) is 5. The summed E-state index contributed by atoms with van der Waals surface area (Å²) in [6, 6.07) is 17.1. The SMILES string of the molecule is Cn1c(CN2CC3CC(C2)c2cccc(=O)n2C3)cc(=O)c(O)c1CN1CCN(CCOc2ccccc2)CC1. The molecule has 212 valence electrons. The van der Waals surface area contributed by atoms with Crippen LogP contribution in [0.4, 0.5) is 0 Å². The van der Waals surface area contributed by atoms with Gasteiger partial charge in [0.25, 0.3) is 5.56 Å². The Balaban J connectivity index is 1.07. The van der Waals surface area contributed by atoms with E-state index in [1.54, 1.807) is 12.1 Å². The summed E-state index contributed by atoms with van der Waals surface area (Å²) in [6.07, 6.45) is 1.10. The molecule has 2 fully saturated rings. The number of fused-ring (bicyclic) bond motifs is 4. The van der Waals surface area contributed by atoms with Gasteiger partial charge in [-0.1, -0.05) is 24.3 Å². The number of aromatic nitrogens is 2. The Morgan fingerprint density at radius 3 is 2.45 bits per heavy atom. The van der Waals surface area contributed by atoms with Crippen molar-refractivity contribution in [3.05, 3.63) is 92.3 Å². The summed E-state index contributed by atoms with van der Waals surface area (Å²) < 4.78 is 9.81. The maximum Gasteiger partial charge on any atom is 0.250 e. The van der Waals surface area contributed by atoms with E-state index in [4.69, 9.17) is 4.74 Å². The molecule has 0 aliphatic carbocycles.